The van der Waals surface area contributed by atoms with Crippen molar-refractivity contribution in [2.24, 2.45) is 5.73 Å². The maximum atomic E-state index is 10.6. The van der Waals surface area contributed by atoms with E-state index in [1.54, 1.807) is 25.1 Å². The van der Waals surface area contributed by atoms with Crippen molar-refractivity contribution < 1.29 is 9.53 Å². The molecule has 2 N–H and O–H groups in total. The third-order valence-corrected chi connectivity index (χ3v) is 1.85. The van der Waals surface area contributed by atoms with Crippen molar-refractivity contribution >= 4 is 23.3 Å². The van der Waals surface area contributed by atoms with E-state index in [1.165, 1.54) is 0 Å². The highest BCUT2D eigenvalue weighted by Gasteiger charge is 2.07. The van der Waals surface area contributed by atoms with Crippen LogP contribution in [0, 0.1) is 0 Å². The van der Waals surface area contributed by atoms with Crippen molar-refractivity contribution in [1.82, 2.24) is 0 Å². The first kappa shape index (κ1) is 10.6. The van der Waals surface area contributed by atoms with E-state index < -0.39 is 6.09 Å². The number of hydrogen-bond donors (Lipinski definition) is 1. The largest absolute Gasteiger partial charge is 0.410 e. The summed E-state index contributed by atoms with van der Waals surface area (Å²) in [6.07, 6.45) is -0.852. The molecular formula is C10H10ClNO2. The molecule has 1 amide bonds. The molecule has 0 bridgehead atoms. The highest BCUT2D eigenvalue weighted by Crippen LogP contribution is 2.27. The number of hydrogen-bond acceptors (Lipinski definition) is 2. The summed E-state index contributed by atoms with van der Waals surface area (Å²) < 4.78 is 4.78. The van der Waals surface area contributed by atoms with Gasteiger partial charge in [-0.1, -0.05) is 18.2 Å². The second-order valence-corrected chi connectivity index (χ2v) is 3.28. The SMILES string of the molecule is C=C(C)c1cc(Cl)ccc1OC(N)=O. The van der Waals surface area contributed by atoms with Crippen LogP contribution in [0.1, 0.15) is 12.5 Å². The van der Waals surface area contributed by atoms with Gasteiger partial charge in [-0.25, -0.2) is 4.79 Å². The highest BCUT2D eigenvalue weighted by atomic mass is 35.5. The summed E-state index contributed by atoms with van der Waals surface area (Å²) in [5.41, 5.74) is 6.34. The van der Waals surface area contributed by atoms with Gasteiger partial charge in [0.05, 0.1) is 0 Å². The van der Waals surface area contributed by atoms with E-state index >= 15 is 0 Å². The first-order chi connectivity index (χ1) is 6.50. The second-order valence-electron chi connectivity index (χ2n) is 2.84. The van der Waals surface area contributed by atoms with Gasteiger partial charge in [-0.3, -0.25) is 0 Å². The monoisotopic (exact) mass is 211 g/mol. The summed E-state index contributed by atoms with van der Waals surface area (Å²) >= 11 is 5.78. The maximum absolute atomic E-state index is 10.6. The van der Waals surface area contributed by atoms with Gasteiger partial charge in [-0.15, -0.1) is 0 Å². The van der Waals surface area contributed by atoms with Gasteiger partial charge < -0.3 is 10.5 Å². The zero-order valence-electron chi connectivity index (χ0n) is 7.71. The Balaban J connectivity index is 3.14. The summed E-state index contributed by atoms with van der Waals surface area (Å²) in [5, 5.41) is 0.555. The molecule has 0 saturated heterocycles. The molecule has 0 saturated carbocycles. The maximum Gasteiger partial charge on any atom is 0.409 e. The van der Waals surface area contributed by atoms with E-state index in [-0.39, 0.29) is 0 Å². The standard InChI is InChI=1S/C10H10ClNO2/c1-6(2)8-5-7(11)3-4-9(8)14-10(12)13/h3-5H,1H2,2H3,(H2,12,13). The van der Waals surface area contributed by atoms with Gasteiger partial charge in [0.15, 0.2) is 0 Å². The van der Waals surface area contributed by atoms with Crippen molar-refractivity contribution in [3.05, 3.63) is 35.4 Å². The normalized spacial score (nSPS) is 9.57. The van der Waals surface area contributed by atoms with E-state index in [0.717, 1.165) is 5.57 Å². The Morgan fingerprint density at radius 2 is 2.21 bits per heavy atom. The van der Waals surface area contributed by atoms with Gasteiger partial charge in [0, 0.05) is 10.6 Å². The van der Waals surface area contributed by atoms with Crippen LogP contribution in [-0.2, 0) is 0 Å². The molecule has 0 radical (unpaired) electrons. The lowest BCUT2D eigenvalue weighted by Crippen LogP contribution is -2.16. The van der Waals surface area contributed by atoms with Gasteiger partial charge in [0.2, 0.25) is 0 Å². The lowest BCUT2D eigenvalue weighted by molar-refractivity contribution is 0.211. The molecule has 1 aromatic carbocycles. The van der Waals surface area contributed by atoms with E-state index in [1.807, 2.05) is 0 Å². The summed E-state index contributed by atoms with van der Waals surface area (Å²) in [5.74, 6) is 0.370. The van der Waals surface area contributed by atoms with E-state index in [4.69, 9.17) is 22.1 Å². The number of carbonyl (C=O) groups is 1. The lowest BCUT2D eigenvalue weighted by atomic mass is 10.1. The van der Waals surface area contributed by atoms with Gasteiger partial charge >= 0.3 is 6.09 Å². The number of carbonyl (C=O) groups excluding carboxylic acids is 1. The third kappa shape index (κ3) is 2.50. The first-order valence-electron chi connectivity index (χ1n) is 3.93. The number of amides is 1. The number of rotatable bonds is 2. The van der Waals surface area contributed by atoms with Crippen LogP contribution in [0.15, 0.2) is 24.8 Å². The van der Waals surface area contributed by atoms with Gasteiger partial charge in [0.1, 0.15) is 5.75 Å². The molecule has 3 nitrogen and oxygen atoms in total. The van der Waals surface area contributed by atoms with Crippen molar-refractivity contribution in [2.75, 3.05) is 0 Å². The van der Waals surface area contributed by atoms with E-state index in [9.17, 15) is 4.79 Å². The molecule has 0 aliphatic carbocycles. The third-order valence-electron chi connectivity index (χ3n) is 1.61. The van der Waals surface area contributed by atoms with E-state index in [0.29, 0.717) is 16.3 Å². The van der Waals surface area contributed by atoms with E-state index in [2.05, 4.69) is 6.58 Å². The molecule has 4 heteroatoms. The van der Waals surface area contributed by atoms with Crippen LogP contribution in [-0.4, -0.2) is 6.09 Å². The predicted molar refractivity (Wildman–Crippen MR) is 56.4 cm³/mol. The summed E-state index contributed by atoms with van der Waals surface area (Å²) in [6.45, 7) is 5.53. The minimum Gasteiger partial charge on any atom is -0.410 e. The Hall–Kier alpha value is -1.48. The molecule has 0 aromatic heterocycles. The van der Waals surface area contributed by atoms with Crippen LogP contribution in [0.2, 0.25) is 5.02 Å². The average Bonchev–Trinajstić information content (AvgIpc) is 2.07. The van der Waals surface area contributed by atoms with Crippen LogP contribution in [0.4, 0.5) is 4.79 Å². The molecule has 0 heterocycles. The van der Waals surface area contributed by atoms with Crippen molar-refractivity contribution in [3.63, 3.8) is 0 Å². The van der Waals surface area contributed by atoms with Crippen LogP contribution in [0.5, 0.6) is 5.75 Å². The van der Waals surface area contributed by atoms with Crippen LogP contribution >= 0.6 is 11.6 Å². The highest BCUT2D eigenvalue weighted by molar-refractivity contribution is 6.30. The Bertz CT molecular complexity index is 388. The Kier molecular flexibility index (Phi) is 3.14. The molecule has 14 heavy (non-hydrogen) atoms. The Labute approximate surface area is 87.1 Å². The number of halogens is 1. The van der Waals surface area contributed by atoms with Crippen LogP contribution in [0.25, 0.3) is 5.57 Å². The van der Waals surface area contributed by atoms with Crippen LogP contribution in [0.3, 0.4) is 0 Å². The number of benzene rings is 1. The van der Waals surface area contributed by atoms with Crippen molar-refractivity contribution in [2.45, 2.75) is 6.92 Å². The zero-order chi connectivity index (χ0) is 10.7. The molecular weight excluding hydrogens is 202 g/mol. The molecule has 0 unspecified atom stereocenters. The zero-order valence-corrected chi connectivity index (χ0v) is 8.47. The predicted octanol–water partition coefficient (Wildman–Crippen LogP) is 2.83. The Morgan fingerprint density at radius 3 is 2.71 bits per heavy atom. The average molecular weight is 212 g/mol. The topological polar surface area (TPSA) is 52.3 Å². The smallest absolute Gasteiger partial charge is 0.409 e. The molecule has 1 aromatic rings. The molecule has 0 fully saturated rings. The molecule has 74 valence electrons. The molecule has 0 spiro atoms. The van der Waals surface area contributed by atoms with Gasteiger partial charge in [-0.05, 0) is 30.7 Å². The number of nitrogens with two attached hydrogens (primary N) is 1. The Morgan fingerprint density at radius 1 is 1.57 bits per heavy atom. The quantitative estimate of drug-likeness (QED) is 0.818. The fourth-order valence-corrected chi connectivity index (χ4v) is 1.21. The lowest BCUT2D eigenvalue weighted by Gasteiger charge is -2.08. The van der Waals surface area contributed by atoms with Gasteiger partial charge in [-0.2, -0.15) is 0 Å². The van der Waals surface area contributed by atoms with Crippen LogP contribution < -0.4 is 10.5 Å². The summed E-state index contributed by atoms with van der Waals surface area (Å²) in [7, 11) is 0. The summed E-state index contributed by atoms with van der Waals surface area (Å²) in [4.78, 5) is 10.6. The summed E-state index contributed by atoms with van der Waals surface area (Å²) in [6, 6.07) is 4.87. The number of allylic oxidation sites excluding steroid dienone is 1. The number of ether oxygens (including phenoxy) is 1. The molecule has 0 atom stereocenters. The first-order valence-corrected chi connectivity index (χ1v) is 4.31. The minimum atomic E-state index is -0.852. The van der Waals surface area contributed by atoms with Crippen molar-refractivity contribution in [1.29, 1.82) is 0 Å². The molecule has 0 aliphatic rings. The molecule has 1 rings (SSSR count). The fourth-order valence-electron chi connectivity index (χ4n) is 1.03. The van der Waals surface area contributed by atoms with Crippen molar-refractivity contribution in [3.8, 4) is 5.75 Å². The second kappa shape index (κ2) is 4.15. The number of primary amides is 1. The van der Waals surface area contributed by atoms with Gasteiger partial charge in [0.25, 0.3) is 0 Å². The fraction of sp³-hybridized carbons (Fsp3) is 0.100. The molecule has 0 aliphatic heterocycles. The minimum absolute atomic E-state index is 0.370.